The molecule has 0 saturated heterocycles. The highest BCUT2D eigenvalue weighted by atomic mass is 16.1. The van der Waals surface area contributed by atoms with Crippen LogP contribution in [0.2, 0.25) is 0 Å². The van der Waals surface area contributed by atoms with Crippen LogP contribution in [0.5, 0.6) is 0 Å². The first kappa shape index (κ1) is 19.2. The summed E-state index contributed by atoms with van der Waals surface area (Å²) in [6, 6.07) is 6.04. The summed E-state index contributed by atoms with van der Waals surface area (Å²) in [5, 5.41) is 11.6. The second-order valence-corrected chi connectivity index (χ2v) is 7.08. The van der Waals surface area contributed by atoms with Crippen LogP contribution in [-0.4, -0.2) is 20.7 Å². The van der Waals surface area contributed by atoms with Crippen molar-refractivity contribution in [1.82, 2.24) is 14.8 Å². The Bertz CT molecular complexity index is 718. The van der Waals surface area contributed by atoms with Crippen LogP contribution in [0.3, 0.4) is 0 Å². The van der Waals surface area contributed by atoms with Gasteiger partial charge in [0.25, 0.3) is 0 Å². The summed E-state index contributed by atoms with van der Waals surface area (Å²) in [5.74, 6) is 2.59. The third kappa shape index (κ3) is 5.41. The van der Waals surface area contributed by atoms with Crippen LogP contribution in [0.1, 0.15) is 56.4 Å². The number of amides is 1. The predicted molar refractivity (Wildman–Crippen MR) is 102 cm³/mol. The van der Waals surface area contributed by atoms with Gasteiger partial charge in [0, 0.05) is 31.5 Å². The van der Waals surface area contributed by atoms with Gasteiger partial charge in [0.2, 0.25) is 5.91 Å². The lowest BCUT2D eigenvalue weighted by Gasteiger charge is -2.10. The van der Waals surface area contributed by atoms with Crippen molar-refractivity contribution in [3.05, 3.63) is 41.0 Å². The second kappa shape index (κ2) is 8.79. The summed E-state index contributed by atoms with van der Waals surface area (Å²) < 4.78 is 2.15. The average Bonchev–Trinajstić information content (AvgIpc) is 2.95. The molecule has 0 aliphatic rings. The molecule has 136 valence electrons. The third-order valence-electron chi connectivity index (χ3n) is 4.40. The number of nitrogens with zero attached hydrogens (tertiary/aromatic N) is 3. The molecule has 25 heavy (non-hydrogen) atoms. The predicted octanol–water partition coefficient (Wildman–Crippen LogP) is 4.07. The first-order valence-corrected chi connectivity index (χ1v) is 9.18. The minimum absolute atomic E-state index is 0.0151. The highest BCUT2D eigenvalue weighted by Crippen LogP contribution is 2.17. The maximum absolute atomic E-state index is 12.3. The first-order chi connectivity index (χ1) is 11.9. The van der Waals surface area contributed by atoms with Gasteiger partial charge < -0.3 is 9.88 Å². The molecule has 0 atom stereocenters. The molecule has 0 unspecified atom stereocenters. The molecule has 0 aliphatic heterocycles. The molecular formula is C20H30N4O. The molecule has 1 aromatic heterocycles. The molecule has 1 amide bonds. The van der Waals surface area contributed by atoms with E-state index in [1.54, 1.807) is 0 Å². The smallest absolute Gasteiger partial charge is 0.224 e. The van der Waals surface area contributed by atoms with E-state index in [1.807, 2.05) is 26.0 Å². The lowest BCUT2D eigenvalue weighted by molar-refractivity contribution is -0.116. The number of nitrogens with one attached hydrogen (secondary N) is 1. The molecule has 0 spiro atoms. The van der Waals surface area contributed by atoms with Crippen LogP contribution in [0.25, 0.3) is 0 Å². The zero-order chi connectivity index (χ0) is 18.4. The molecule has 2 aromatic rings. The highest BCUT2D eigenvalue weighted by molar-refractivity contribution is 5.91. The Kier molecular flexibility index (Phi) is 6.73. The van der Waals surface area contributed by atoms with Gasteiger partial charge in [-0.15, -0.1) is 10.2 Å². The molecule has 0 saturated carbocycles. The molecule has 1 N–H and O–H groups in total. The Balaban J connectivity index is 1.95. The fraction of sp³-hybridized carbons (Fsp3) is 0.550. The molecule has 5 heteroatoms. The Morgan fingerprint density at radius 3 is 2.44 bits per heavy atom. The van der Waals surface area contributed by atoms with Gasteiger partial charge >= 0.3 is 0 Å². The standard InChI is InChI=1S/C20H30N4O/c1-6-24-18(10-7-14(2)3)22-23-19(24)11-12-20(25)21-17-9-8-15(4)13-16(17)5/h8-9,13-14H,6-7,10-12H2,1-5H3,(H,21,25). The van der Waals surface area contributed by atoms with E-state index in [2.05, 4.69) is 46.9 Å². The van der Waals surface area contributed by atoms with E-state index in [9.17, 15) is 4.79 Å². The topological polar surface area (TPSA) is 59.8 Å². The molecular weight excluding hydrogens is 312 g/mol. The van der Waals surface area contributed by atoms with E-state index in [4.69, 9.17) is 0 Å². The third-order valence-corrected chi connectivity index (χ3v) is 4.40. The maximum atomic E-state index is 12.3. The first-order valence-electron chi connectivity index (χ1n) is 9.18. The van der Waals surface area contributed by atoms with Crippen LogP contribution in [0, 0.1) is 19.8 Å². The fourth-order valence-corrected chi connectivity index (χ4v) is 2.92. The van der Waals surface area contributed by atoms with Crippen molar-refractivity contribution in [1.29, 1.82) is 0 Å². The van der Waals surface area contributed by atoms with Crippen LogP contribution in [0.15, 0.2) is 18.2 Å². The maximum Gasteiger partial charge on any atom is 0.224 e. The van der Waals surface area contributed by atoms with Crippen molar-refractivity contribution in [2.24, 2.45) is 5.92 Å². The van der Waals surface area contributed by atoms with Gasteiger partial charge in [0.05, 0.1) is 0 Å². The molecule has 1 aromatic carbocycles. The lowest BCUT2D eigenvalue weighted by atomic mass is 10.1. The lowest BCUT2D eigenvalue weighted by Crippen LogP contribution is -2.15. The number of hydrogen-bond donors (Lipinski definition) is 1. The largest absolute Gasteiger partial charge is 0.326 e. The Hall–Kier alpha value is -2.17. The number of hydrogen-bond acceptors (Lipinski definition) is 3. The van der Waals surface area contributed by atoms with Gasteiger partial charge in [-0.05, 0) is 44.7 Å². The monoisotopic (exact) mass is 342 g/mol. The van der Waals surface area contributed by atoms with E-state index in [-0.39, 0.29) is 5.91 Å². The normalized spacial score (nSPS) is 11.1. The number of rotatable bonds is 8. The van der Waals surface area contributed by atoms with Crippen molar-refractivity contribution >= 4 is 11.6 Å². The van der Waals surface area contributed by atoms with E-state index in [1.165, 1.54) is 5.56 Å². The summed E-state index contributed by atoms with van der Waals surface area (Å²) in [5.41, 5.74) is 3.16. The SMILES string of the molecule is CCn1c(CCC(=O)Nc2ccc(C)cc2C)nnc1CCC(C)C. The fourth-order valence-electron chi connectivity index (χ4n) is 2.92. The van der Waals surface area contributed by atoms with Gasteiger partial charge in [0.15, 0.2) is 0 Å². The van der Waals surface area contributed by atoms with E-state index in [0.717, 1.165) is 42.3 Å². The minimum atomic E-state index is 0.0151. The van der Waals surface area contributed by atoms with E-state index < -0.39 is 0 Å². The summed E-state index contributed by atoms with van der Waals surface area (Å²) in [6.07, 6.45) is 3.06. The number of carbonyl (C=O) groups is 1. The molecule has 0 bridgehead atoms. The Labute approximate surface area is 150 Å². The number of aryl methyl sites for hydroxylation is 4. The van der Waals surface area contributed by atoms with Gasteiger partial charge in [-0.3, -0.25) is 4.79 Å². The molecule has 5 nitrogen and oxygen atoms in total. The van der Waals surface area contributed by atoms with Gasteiger partial charge in [0.1, 0.15) is 11.6 Å². The van der Waals surface area contributed by atoms with E-state index in [0.29, 0.717) is 18.8 Å². The second-order valence-electron chi connectivity index (χ2n) is 7.08. The summed E-state index contributed by atoms with van der Waals surface area (Å²) in [6.45, 7) is 11.4. The van der Waals surface area contributed by atoms with Gasteiger partial charge in [-0.25, -0.2) is 0 Å². The number of aromatic nitrogens is 3. The summed E-state index contributed by atoms with van der Waals surface area (Å²) >= 11 is 0. The van der Waals surface area contributed by atoms with Crippen molar-refractivity contribution in [2.45, 2.75) is 66.8 Å². The van der Waals surface area contributed by atoms with Crippen molar-refractivity contribution < 1.29 is 4.79 Å². The average molecular weight is 342 g/mol. The summed E-state index contributed by atoms with van der Waals surface area (Å²) in [7, 11) is 0. The zero-order valence-electron chi connectivity index (χ0n) is 16.1. The van der Waals surface area contributed by atoms with Crippen LogP contribution < -0.4 is 5.32 Å². The van der Waals surface area contributed by atoms with Gasteiger partial charge in [-0.1, -0.05) is 31.5 Å². The molecule has 1 heterocycles. The number of benzene rings is 1. The molecule has 0 aliphatic carbocycles. The number of carbonyl (C=O) groups excluding carboxylic acids is 1. The molecule has 2 rings (SSSR count). The highest BCUT2D eigenvalue weighted by Gasteiger charge is 2.13. The number of anilines is 1. The minimum Gasteiger partial charge on any atom is -0.326 e. The van der Waals surface area contributed by atoms with Gasteiger partial charge in [-0.2, -0.15) is 0 Å². The van der Waals surface area contributed by atoms with Crippen LogP contribution in [-0.2, 0) is 24.2 Å². The van der Waals surface area contributed by atoms with Crippen LogP contribution in [0.4, 0.5) is 5.69 Å². The Morgan fingerprint density at radius 2 is 1.84 bits per heavy atom. The summed E-state index contributed by atoms with van der Waals surface area (Å²) in [4.78, 5) is 12.3. The van der Waals surface area contributed by atoms with Crippen molar-refractivity contribution in [3.63, 3.8) is 0 Å². The molecule has 0 radical (unpaired) electrons. The Morgan fingerprint density at radius 1 is 1.16 bits per heavy atom. The van der Waals surface area contributed by atoms with Crippen LogP contribution >= 0.6 is 0 Å². The quantitative estimate of drug-likeness (QED) is 0.786. The molecule has 0 fully saturated rings. The van der Waals surface area contributed by atoms with Crippen molar-refractivity contribution in [2.75, 3.05) is 5.32 Å². The van der Waals surface area contributed by atoms with Crippen molar-refractivity contribution in [3.8, 4) is 0 Å². The van der Waals surface area contributed by atoms with E-state index >= 15 is 0 Å². The zero-order valence-corrected chi connectivity index (χ0v) is 16.1.